The highest BCUT2D eigenvalue weighted by Crippen LogP contribution is 2.37. The molecule has 90 valence electrons. The molecule has 0 saturated heterocycles. The van der Waals surface area contributed by atoms with Gasteiger partial charge in [-0.1, -0.05) is 6.92 Å². The van der Waals surface area contributed by atoms with E-state index < -0.39 is 11.4 Å². The third-order valence-corrected chi connectivity index (χ3v) is 2.21. The van der Waals surface area contributed by atoms with E-state index >= 15 is 0 Å². The van der Waals surface area contributed by atoms with Crippen LogP contribution >= 0.6 is 0 Å². The fourth-order valence-electron chi connectivity index (χ4n) is 1.16. The van der Waals surface area contributed by atoms with Crippen molar-refractivity contribution in [2.75, 3.05) is 0 Å². The number of aromatic hydroxyl groups is 1. The van der Waals surface area contributed by atoms with Crippen molar-refractivity contribution in [1.29, 1.82) is 0 Å². The van der Waals surface area contributed by atoms with Gasteiger partial charge in [0.05, 0.1) is 5.41 Å². The van der Waals surface area contributed by atoms with Crippen molar-refractivity contribution in [3.63, 3.8) is 0 Å². The molecule has 4 heteroatoms. The molecule has 0 spiro atoms. The zero-order valence-corrected chi connectivity index (χ0v) is 10.4. The highest BCUT2D eigenvalue weighted by molar-refractivity contribution is 5.78. The van der Waals surface area contributed by atoms with Crippen LogP contribution in [-0.2, 0) is 11.2 Å². The monoisotopic (exact) mass is 226 g/mol. The Kier molecular flexibility index (Phi) is 3.31. The minimum Gasteiger partial charge on any atom is -0.502 e. The molecule has 0 aliphatic rings. The molecule has 0 saturated carbocycles. The number of esters is 1. The highest BCUT2D eigenvalue weighted by atomic mass is 16.6. The smallest absolute Gasteiger partial charge is 0.316 e. The van der Waals surface area contributed by atoms with Crippen LogP contribution in [0.1, 0.15) is 39.2 Å². The summed E-state index contributed by atoms with van der Waals surface area (Å²) in [7, 11) is 0. The SMILES string of the molecule is CCc1oc(C)c(O)c1OC(=O)C(C)(C)C. The number of carbonyl (C=O) groups excluding carboxylic acids is 1. The van der Waals surface area contributed by atoms with Crippen molar-refractivity contribution in [1.82, 2.24) is 0 Å². The van der Waals surface area contributed by atoms with Crippen LogP contribution in [0.2, 0.25) is 0 Å². The summed E-state index contributed by atoms with van der Waals surface area (Å²) in [6, 6.07) is 0. The lowest BCUT2D eigenvalue weighted by Crippen LogP contribution is -2.25. The summed E-state index contributed by atoms with van der Waals surface area (Å²) in [6.45, 7) is 8.76. The summed E-state index contributed by atoms with van der Waals surface area (Å²) in [5, 5.41) is 9.69. The number of ether oxygens (including phenoxy) is 1. The van der Waals surface area contributed by atoms with Crippen molar-refractivity contribution < 1.29 is 19.1 Å². The first-order valence-electron chi connectivity index (χ1n) is 5.30. The zero-order valence-electron chi connectivity index (χ0n) is 10.4. The Balaban J connectivity index is 3.01. The van der Waals surface area contributed by atoms with E-state index in [0.29, 0.717) is 17.9 Å². The molecule has 0 amide bonds. The van der Waals surface area contributed by atoms with Crippen LogP contribution in [0.5, 0.6) is 11.5 Å². The lowest BCUT2D eigenvalue weighted by atomic mass is 9.97. The molecule has 1 aromatic rings. The fraction of sp³-hybridized carbons (Fsp3) is 0.583. The van der Waals surface area contributed by atoms with Crippen LogP contribution in [-0.4, -0.2) is 11.1 Å². The first-order chi connectivity index (χ1) is 7.27. The second kappa shape index (κ2) is 4.20. The van der Waals surface area contributed by atoms with E-state index in [1.165, 1.54) is 0 Å². The van der Waals surface area contributed by atoms with Crippen LogP contribution in [0.3, 0.4) is 0 Å². The van der Waals surface area contributed by atoms with Gasteiger partial charge < -0.3 is 14.3 Å². The number of furan rings is 1. The summed E-state index contributed by atoms with van der Waals surface area (Å²) in [5.74, 6) is 0.536. The highest BCUT2D eigenvalue weighted by Gasteiger charge is 2.28. The van der Waals surface area contributed by atoms with Crippen molar-refractivity contribution >= 4 is 5.97 Å². The van der Waals surface area contributed by atoms with E-state index in [9.17, 15) is 9.90 Å². The molecule has 0 bridgehead atoms. The first kappa shape index (κ1) is 12.6. The molecule has 16 heavy (non-hydrogen) atoms. The number of rotatable bonds is 2. The van der Waals surface area contributed by atoms with Gasteiger partial charge in [-0.2, -0.15) is 0 Å². The van der Waals surface area contributed by atoms with Crippen LogP contribution in [0, 0.1) is 12.3 Å². The van der Waals surface area contributed by atoms with Crippen LogP contribution in [0.25, 0.3) is 0 Å². The Labute approximate surface area is 95.2 Å². The molecule has 1 aromatic heterocycles. The van der Waals surface area contributed by atoms with E-state index in [0.717, 1.165) is 0 Å². The molecular formula is C12H18O4. The maximum absolute atomic E-state index is 11.7. The zero-order chi connectivity index (χ0) is 12.5. The quantitative estimate of drug-likeness (QED) is 0.788. The van der Waals surface area contributed by atoms with E-state index in [-0.39, 0.29) is 11.5 Å². The molecule has 0 unspecified atom stereocenters. The van der Waals surface area contributed by atoms with E-state index in [4.69, 9.17) is 9.15 Å². The molecule has 0 radical (unpaired) electrons. The topological polar surface area (TPSA) is 59.7 Å². The van der Waals surface area contributed by atoms with E-state index in [2.05, 4.69) is 0 Å². The first-order valence-corrected chi connectivity index (χ1v) is 5.30. The average Bonchev–Trinajstić information content (AvgIpc) is 2.44. The van der Waals surface area contributed by atoms with Crippen molar-refractivity contribution in [2.45, 2.75) is 41.0 Å². The third-order valence-electron chi connectivity index (χ3n) is 2.21. The summed E-state index contributed by atoms with van der Waals surface area (Å²) >= 11 is 0. The summed E-state index contributed by atoms with van der Waals surface area (Å²) in [4.78, 5) is 11.7. The number of aryl methyl sites for hydroxylation is 2. The molecule has 4 nitrogen and oxygen atoms in total. The van der Waals surface area contributed by atoms with Gasteiger partial charge in [0, 0.05) is 6.42 Å². The maximum atomic E-state index is 11.7. The lowest BCUT2D eigenvalue weighted by Gasteiger charge is -2.15. The molecule has 0 fully saturated rings. The predicted molar refractivity (Wildman–Crippen MR) is 59.6 cm³/mol. The lowest BCUT2D eigenvalue weighted by molar-refractivity contribution is -0.143. The van der Waals surface area contributed by atoms with Gasteiger partial charge in [-0.3, -0.25) is 4.79 Å². The average molecular weight is 226 g/mol. The van der Waals surface area contributed by atoms with Gasteiger partial charge in [0.1, 0.15) is 5.76 Å². The van der Waals surface area contributed by atoms with Crippen molar-refractivity contribution in [3.8, 4) is 11.5 Å². The van der Waals surface area contributed by atoms with Gasteiger partial charge in [0.2, 0.25) is 11.5 Å². The molecule has 0 aliphatic carbocycles. The molecular weight excluding hydrogens is 208 g/mol. The molecule has 1 rings (SSSR count). The van der Waals surface area contributed by atoms with Crippen molar-refractivity contribution in [2.24, 2.45) is 5.41 Å². The van der Waals surface area contributed by atoms with Gasteiger partial charge in [-0.25, -0.2) is 0 Å². The number of carbonyl (C=O) groups is 1. The Morgan fingerprint density at radius 3 is 2.44 bits per heavy atom. The Bertz CT molecular complexity index is 396. The van der Waals surface area contributed by atoms with Crippen LogP contribution in [0.4, 0.5) is 0 Å². The molecule has 1 N–H and O–H groups in total. The van der Waals surface area contributed by atoms with Crippen LogP contribution in [0.15, 0.2) is 4.42 Å². The van der Waals surface area contributed by atoms with Crippen molar-refractivity contribution in [3.05, 3.63) is 11.5 Å². The van der Waals surface area contributed by atoms with Gasteiger partial charge >= 0.3 is 5.97 Å². The van der Waals surface area contributed by atoms with Gasteiger partial charge in [-0.05, 0) is 27.7 Å². The van der Waals surface area contributed by atoms with E-state index in [1.807, 2.05) is 6.92 Å². The van der Waals surface area contributed by atoms with Gasteiger partial charge in [0.15, 0.2) is 5.76 Å². The number of hydrogen-bond acceptors (Lipinski definition) is 4. The minimum atomic E-state index is -0.609. The molecule has 0 aromatic carbocycles. The predicted octanol–water partition coefficient (Wildman–Crippen LogP) is 2.81. The normalized spacial score (nSPS) is 11.6. The van der Waals surface area contributed by atoms with Gasteiger partial charge in [0.25, 0.3) is 0 Å². The Morgan fingerprint density at radius 2 is 2.00 bits per heavy atom. The van der Waals surface area contributed by atoms with Gasteiger partial charge in [-0.15, -0.1) is 0 Å². The maximum Gasteiger partial charge on any atom is 0.316 e. The largest absolute Gasteiger partial charge is 0.502 e. The Hall–Kier alpha value is -1.45. The molecule has 0 aliphatic heterocycles. The summed E-state index contributed by atoms with van der Waals surface area (Å²) < 4.78 is 10.5. The van der Waals surface area contributed by atoms with E-state index in [1.54, 1.807) is 27.7 Å². The standard InChI is InChI=1S/C12H18O4/c1-6-8-10(9(13)7(2)15-8)16-11(14)12(3,4)5/h13H,6H2,1-5H3. The Morgan fingerprint density at radius 1 is 1.44 bits per heavy atom. The summed E-state index contributed by atoms with van der Waals surface area (Å²) in [5.41, 5.74) is -0.609. The van der Waals surface area contributed by atoms with Crippen LogP contribution < -0.4 is 4.74 Å². The number of hydrogen-bond donors (Lipinski definition) is 1. The summed E-state index contributed by atoms with van der Waals surface area (Å²) in [6.07, 6.45) is 0.564. The second-order valence-corrected chi connectivity index (χ2v) is 4.75. The third kappa shape index (κ3) is 2.38. The molecule has 1 heterocycles. The molecule has 0 atom stereocenters. The fourth-order valence-corrected chi connectivity index (χ4v) is 1.16. The second-order valence-electron chi connectivity index (χ2n) is 4.75. The minimum absolute atomic E-state index is 0.0885.